The van der Waals surface area contributed by atoms with Crippen molar-refractivity contribution in [1.82, 2.24) is 0 Å². The molecule has 1 rings (SSSR count). The summed E-state index contributed by atoms with van der Waals surface area (Å²) >= 11 is 5.13. The molecular weight excluding hydrogens is 246 g/mol. The second kappa shape index (κ2) is 5.31. The van der Waals surface area contributed by atoms with Gasteiger partial charge in [-0.25, -0.2) is 0 Å². The highest BCUT2D eigenvalue weighted by Gasteiger charge is 2.02. The third-order valence-electron chi connectivity index (χ3n) is 1.53. The fourth-order valence-corrected chi connectivity index (χ4v) is 2.34. The maximum absolute atomic E-state index is 8.83. The maximum Gasteiger partial charge on any atom is 0.100 e. The number of rotatable bonds is 3. The van der Waals surface area contributed by atoms with Crippen molar-refractivity contribution in [3.05, 3.63) is 28.2 Å². The van der Waals surface area contributed by atoms with Gasteiger partial charge < -0.3 is 0 Å². The summed E-state index contributed by atoms with van der Waals surface area (Å²) in [6, 6.07) is 7.94. The van der Waals surface area contributed by atoms with E-state index in [0.717, 1.165) is 27.1 Å². The second-order valence-corrected chi connectivity index (χ2v) is 4.65. The van der Waals surface area contributed by atoms with Gasteiger partial charge in [0.1, 0.15) is 6.07 Å². The third kappa shape index (κ3) is 3.06. The number of hydrogen-bond donors (Lipinski definition) is 0. The molecule has 68 valence electrons. The molecule has 0 fully saturated rings. The number of thioether (sulfide) groups is 1. The molecule has 1 nitrogen and oxygen atoms in total. The molecule has 0 heterocycles. The van der Waals surface area contributed by atoms with Crippen LogP contribution in [0.3, 0.4) is 0 Å². The summed E-state index contributed by atoms with van der Waals surface area (Å²) < 4.78 is 1.03. The lowest BCUT2D eigenvalue weighted by Gasteiger charge is -2.02. The Hall–Kier alpha value is -0.460. The molecule has 0 atom stereocenters. The van der Waals surface area contributed by atoms with Crippen LogP contribution in [0.1, 0.15) is 18.9 Å². The minimum atomic E-state index is 0.765. The van der Waals surface area contributed by atoms with E-state index in [1.807, 2.05) is 18.2 Å². The molecule has 0 spiro atoms. The van der Waals surface area contributed by atoms with Gasteiger partial charge in [0.2, 0.25) is 0 Å². The molecule has 0 aliphatic heterocycles. The lowest BCUT2D eigenvalue weighted by Crippen LogP contribution is -1.82. The van der Waals surface area contributed by atoms with E-state index < -0.39 is 0 Å². The van der Waals surface area contributed by atoms with Crippen molar-refractivity contribution >= 4 is 27.7 Å². The highest BCUT2D eigenvalue weighted by atomic mass is 79.9. The Kier molecular flexibility index (Phi) is 4.34. The lowest BCUT2D eigenvalue weighted by atomic mass is 10.2. The molecule has 1 aromatic rings. The van der Waals surface area contributed by atoms with Crippen molar-refractivity contribution in [2.75, 3.05) is 5.75 Å². The molecule has 13 heavy (non-hydrogen) atoms. The second-order valence-electron chi connectivity index (χ2n) is 2.60. The zero-order valence-electron chi connectivity index (χ0n) is 7.38. The minimum Gasteiger partial charge on any atom is -0.192 e. The average molecular weight is 256 g/mol. The number of hydrogen-bond acceptors (Lipinski definition) is 2. The number of halogens is 1. The zero-order valence-corrected chi connectivity index (χ0v) is 9.78. The average Bonchev–Trinajstić information content (AvgIpc) is 2.15. The van der Waals surface area contributed by atoms with E-state index in [9.17, 15) is 0 Å². The van der Waals surface area contributed by atoms with Gasteiger partial charge in [0, 0.05) is 9.37 Å². The number of nitrogens with zero attached hydrogens (tertiary/aromatic N) is 1. The summed E-state index contributed by atoms with van der Waals surface area (Å²) in [6.07, 6.45) is 1.13. The van der Waals surface area contributed by atoms with Crippen molar-refractivity contribution in [2.24, 2.45) is 0 Å². The van der Waals surface area contributed by atoms with Crippen LogP contribution in [0.25, 0.3) is 0 Å². The third-order valence-corrected chi connectivity index (χ3v) is 3.28. The molecule has 0 aromatic heterocycles. The summed E-state index contributed by atoms with van der Waals surface area (Å²) in [7, 11) is 0. The molecule has 0 saturated carbocycles. The van der Waals surface area contributed by atoms with Gasteiger partial charge in [-0.2, -0.15) is 5.26 Å². The highest BCUT2D eigenvalue weighted by Crippen LogP contribution is 2.26. The van der Waals surface area contributed by atoms with E-state index in [1.54, 1.807) is 11.8 Å². The minimum absolute atomic E-state index is 0.765. The van der Waals surface area contributed by atoms with Crippen LogP contribution in [-0.4, -0.2) is 5.75 Å². The Bertz CT molecular complexity index is 330. The van der Waals surface area contributed by atoms with E-state index in [4.69, 9.17) is 5.26 Å². The predicted octanol–water partition coefficient (Wildman–Crippen LogP) is 3.82. The van der Waals surface area contributed by atoms with Gasteiger partial charge in [0.05, 0.1) is 5.56 Å². The summed E-state index contributed by atoms with van der Waals surface area (Å²) in [4.78, 5) is 1.07. The summed E-state index contributed by atoms with van der Waals surface area (Å²) in [5.74, 6) is 1.06. The van der Waals surface area contributed by atoms with Gasteiger partial charge in [-0.05, 0) is 30.4 Å². The maximum atomic E-state index is 8.83. The van der Waals surface area contributed by atoms with Crippen LogP contribution >= 0.6 is 27.7 Å². The van der Waals surface area contributed by atoms with E-state index in [2.05, 4.69) is 28.9 Å². The van der Waals surface area contributed by atoms with Gasteiger partial charge in [-0.15, -0.1) is 11.8 Å². The quantitative estimate of drug-likeness (QED) is 0.767. The first-order chi connectivity index (χ1) is 6.27. The molecule has 3 heteroatoms. The molecule has 1 aromatic carbocycles. The van der Waals surface area contributed by atoms with Crippen LogP contribution in [0, 0.1) is 11.3 Å². The number of benzene rings is 1. The normalized spacial score (nSPS) is 9.62. The van der Waals surface area contributed by atoms with Crippen molar-refractivity contribution in [2.45, 2.75) is 18.2 Å². The largest absolute Gasteiger partial charge is 0.192 e. The monoisotopic (exact) mass is 255 g/mol. The Labute approximate surface area is 91.3 Å². The topological polar surface area (TPSA) is 23.8 Å². The molecule has 0 saturated heterocycles. The summed E-state index contributed by atoms with van der Waals surface area (Å²) in [5, 5.41) is 8.83. The van der Waals surface area contributed by atoms with Crippen LogP contribution < -0.4 is 0 Å². The standard InChI is InChI=1S/C10H10BrNS/c1-2-5-13-10-6-9(11)4-3-8(10)7-12/h3-4,6H,2,5H2,1H3. The molecule has 0 aliphatic carbocycles. The Balaban J connectivity index is 2.89. The number of nitriles is 1. The van der Waals surface area contributed by atoms with E-state index in [-0.39, 0.29) is 0 Å². The van der Waals surface area contributed by atoms with Crippen molar-refractivity contribution < 1.29 is 0 Å². The molecule has 0 amide bonds. The van der Waals surface area contributed by atoms with Gasteiger partial charge in [-0.3, -0.25) is 0 Å². The van der Waals surface area contributed by atoms with Crippen LogP contribution in [0.2, 0.25) is 0 Å². The Morgan fingerprint density at radius 3 is 2.92 bits per heavy atom. The zero-order chi connectivity index (χ0) is 9.68. The fraction of sp³-hybridized carbons (Fsp3) is 0.300. The predicted molar refractivity (Wildman–Crippen MR) is 59.9 cm³/mol. The van der Waals surface area contributed by atoms with E-state index in [0.29, 0.717) is 0 Å². The van der Waals surface area contributed by atoms with E-state index >= 15 is 0 Å². The first-order valence-electron chi connectivity index (χ1n) is 4.10. The molecular formula is C10H10BrNS. The Morgan fingerprint density at radius 1 is 1.54 bits per heavy atom. The van der Waals surface area contributed by atoms with Crippen molar-refractivity contribution in [1.29, 1.82) is 5.26 Å². The molecule has 0 N–H and O–H groups in total. The lowest BCUT2D eigenvalue weighted by molar-refractivity contribution is 1.10. The summed E-state index contributed by atoms with van der Waals surface area (Å²) in [5.41, 5.74) is 0.765. The van der Waals surface area contributed by atoms with Gasteiger partial charge >= 0.3 is 0 Å². The van der Waals surface area contributed by atoms with Gasteiger partial charge in [-0.1, -0.05) is 22.9 Å². The van der Waals surface area contributed by atoms with Crippen molar-refractivity contribution in [3.8, 4) is 6.07 Å². The molecule has 0 aliphatic rings. The molecule has 0 bridgehead atoms. The van der Waals surface area contributed by atoms with Crippen LogP contribution in [-0.2, 0) is 0 Å². The fourth-order valence-electron chi connectivity index (χ4n) is 0.920. The first-order valence-corrected chi connectivity index (χ1v) is 5.88. The smallest absolute Gasteiger partial charge is 0.100 e. The van der Waals surface area contributed by atoms with Gasteiger partial charge in [0.25, 0.3) is 0 Å². The van der Waals surface area contributed by atoms with Crippen LogP contribution in [0.5, 0.6) is 0 Å². The SMILES string of the molecule is CCCSc1cc(Br)ccc1C#N. The van der Waals surface area contributed by atoms with Crippen LogP contribution in [0.4, 0.5) is 0 Å². The first kappa shape index (κ1) is 10.6. The molecule has 0 radical (unpaired) electrons. The highest BCUT2D eigenvalue weighted by molar-refractivity contribution is 9.10. The van der Waals surface area contributed by atoms with Crippen molar-refractivity contribution in [3.63, 3.8) is 0 Å². The van der Waals surface area contributed by atoms with Crippen LogP contribution in [0.15, 0.2) is 27.6 Å². The summed E-state index contributed by atoms with van der Waals surface area (Å²) in [6.45, 7) is 2.14. The Morgan fingerprint density at radius 2 is 2.31 bits per heavy atom. The van der Waals surface area contributed by atoms with Gasteiger partial charge in [0.15, 0.2) is 0 Å². The molecule has 0 unspecified atom stereocenters. The van der Waals surface area contributed by atoms with E-state index in [1.165, 1.54) is 0 Å².